The Morgan fingerprint density at radius 2 is 0.927 bits per heavy atom. The summed E-state index contributed by atoms with van der Waals surface area (Å²) in [6.45, 7) is 0.500. The molecule has 0 bridgehead atoms. The summed E-state index contributed by atoms with van der Waals surface area (Å²) >= 11 is 0. The fraction of sp³-hybridized carbons (Fsp3) is 0.267. The largest absolute Gasteiger partial charge is 0.469 e. The lowest BCUT2D eigenvalue weighted by molar-refractivity contribution is -0.138. The maximum absolute atomic E-state index is 12.9. The Morgan fingerprint density at radius 3 is 1.24 bits per heavy atom. The number of ether oxygens (including phenoxy) is 3. The van der Waals surface area contributed by atoms with E-state index in [9.17, 15) is 26.3 Å². The van der Waals surface area contributed by atoms with Crippen molar-refractivity contribution in [2.24, 2.45) is 0 Å². The minimum atomic E-state index is -4.50. The van der Waals surface area contributed by atoms with Gasteiger partial charge in [0.2, 0.25) is 11.8 Å². The quantitative estimate of drug-likeness (QED) is 0.126. The molecule has 2 heterocycles. The van der Waals surface area contributed by atoms with Gasteiger partial charge in [-0.05, 0) is 23.3 Å². The van der Waals surface area contributed by atoms with Gasteiger partial charge in [-0.15, -0.1) is 0 Å². The molecule has 0 amide bonds. The first-order valence-corrected chi connectivity index (χ1v) is 12.7. The molecule has 0 radical (unpaired) electrons. The smallest absolute Gasteiger partial charge is 0.417 e. The number of halogens is 6. The van der Waals surface area contributed by atoms with Gasteiger partial charge >= 0.3 is 12.4 Å². The molecule has 2 unspecified atom stereocenters. The maximum Gasteiger partial charge on any atom is 0.417 e. The molecule has 0 aliphatic heterocycles. The highest BCUT2D eigenvalue weighted by Gasteiger charge is 2.31. The molecular formula is C30H26F6N2O3. The van der Waals surface area contributed by atoms with E-state index in [4.69, 9.17) is 14.2 Å². The van der Waals surface area contributed by atoms with Crippen LogP contribution in [-0.2, 0) is 17.1 Å². The molecule has 0 saturated heterocycles. The Morgan fingerprint density at radius 1 is 0.537 bits per heavy atom. The lowest BCUT2D eigenvalue weighted by Crippen LogP contribution is -2.15. The number of pyridine rings is 2. The molecule has 5 nitrogen and oxygen atoms in total. The van der Waals surface area contributed by atoms with Crippen molar-refractivity contribution in [3.05, 3.63) is 120 Å². The zero-order chi connectivity index (χ0) is 29.3. The summed E-state index contributed by atoms with van der Waals surface area (Å²) in [5, 5.41) is 0. The summed E-state index contributed by atoms with van der Waals surface area (Å²) in [7, 11) is 0. The Labute approximate surface area is 232 Å². The Bertz CT molecular complexity index is 1230. The van der Waals surface area contributed by atoms with Crippen LogP contribution in [-0.4, -0.2) is 23.2 Å². The summed E-state index contributed by atoms with van der Waals surface area (Å²) in [5.74, 6) is 0.0990. The average Bonchev–Trinajstić information content (AvgIpc) is 2.96. The van der Waals surface area contributed by atoms with Crippen LogP contribution in [0.25, 0.3) is 0 Å². The van der Waals surface area contributed by atoms with Gasteiger partial charge in [-0.25, -0.2) is 9.97 Å². The minimum Gasteiger partial charge on any atom is -0.469 e. The van der Waals surface area contributed by atoms with E-state index in [0.29, 0.717) is 12.8 Å². The third-order valence-corrected chi connectivity index (χ3v) is 6.04. The molecule has 2 aromatic heterocycles. The fourth-order valence-electron chi connectivity index (χ4n) is 3.93. The van der Waals surface area contributed by atoms with Crippen molar-refractivity contribution in [3.63, 3.8) is 0 Å². The zero-order valence-electron chi connectivity index (χ0n) is 21.6. The predicted octanol–water partition coefficient (Wildman–Crippen LogP) is 8.25. The first kappa shape index (κ1) is 29.9. The predicted molar refractivity (Wildman–Crippen MR) is 138 cm³/mol. The van der Waals surface area contributed by atoms with Crippen LogP contribution in [0.15, 0.2) is 97.3 Å². The van der Waals surface area contributed by atoms with Gasteiger partial charge in [0.05, 0.1) is 24.3 Å². The summed E-state index contributed by atoms with van der Waals surface area (Å²) in [6.07, 6.45) is -7.85. The van der Waals surface area contributed by atoms with E-state index in [2.05, 4.69) is 9.97 Å². The molecule has 4 aromatic rings. The van der Waals surface area contributed by atoms with E-state index in [1.54, 1.807) is 0 Å². The molecule has 4 rings (SSSR count). The van der Waals surface area contributed by atoms with Crippen LogP contribution in [0.3, 0.4) is 0 Å². The van der Waals surface area contributed by atoms with Crippen molar-refractivity contribution in [2.75, 3.05) is 13.2 Å². The number of alkyl halides is 6. The van der Waals surface area contributed by atoms with Crippen LogP contribution in [0.5, 0.6) is 11.8 Å². The molecule has 2 atom stereocenters. The molecule has 0 aliphatic rings. The Hall–Kier alpha value is -4.12. The Kier molecular flexibility index (Phi) is 9.82. The molecule has 41 heavy (non-hydrogen) atoms. The molecular weight excluding hydrogens is 550 g/mol. The van der Waals surface area contributed by atoms with E-state index in [0.717, 1.165) is 35.7 Å². The number of aromatic nitrogens is 2. The highest BCUT2D eigenvalue weighted by atomic mass is 19.4. The van der Waals surface area contributed by atoms with Crippen LogP contribution < -0.4 is 9.47 Å². The van der Waals surface area contributed by atoms with Crippen molar-refractivity contribution >= 4 is 0 Å². The molecule has 0 spiro atoms. The van der Waals surface area contributed by atoms with Crippen molar-refractivity contribution in [3.8, 4) is 11.8 Å². The number of hydrogen-bond donors (Lipinski definition) is 0. The Balaban J connectivity index is 1.35. The zero-order valence-corrected chi connectivity index (χ0v) is 21.6. The first-order chi connectivity index (χ1) is 19.6. The molecule has 0 N–H and O–H groups in total. The lowest BCUT2D eigenvalue weighted by Gasteiger charge is -2.21. The second-order valence-electron chi connectivity index (χ2n) is 8.99. The van der Waals surface area contributed by atoms with Crippen molar-refractivity contribution in [1.82, 2.24) is 9.97 Å². The second kappa shape index (κ2) is 13.5. The molecule has 2 aromatic carbocycles. The lowest BCUT2D eigenvalue weighted by atomic mass is 10.1. The van der Waals surface area contributed by atoms with Gasteiger partial charge in [0.1, 0.15) is 12.2 Å². The monoisotopic (exact) mass is 576 g/mol. The van der Waals surface area contributed by atoms with Crippen LogP contribution in [0, 0.1) is 0 Å². The van der Waals surface area contributed by atoms with E-state index >= 15 is 0 Å². The van der Waals surface area contributed by atoms with E-state index in [-0.39, 0.29) is 25.0 Å². The number of rotatable bonds is 12. The molecule has 216 valence electrons. The van der Waals surface area contributed by atoms with Gasteiger partial charge in [-0.1, -0.05) is 60.7 Å². The van der Waals surface area contributed by atoms with Crippen molar-refractivity contribution in [2.45, 2.75) is 37.4 Å². The molecule has 11 heteroatoms. The van der Waals surface area contributed by atoms with Gasteiger partial charge < -0.3 is 14.2 Å². The first-order valence-electron chi connectivity index (χ1n) is 12.7. The summed E-state index contributed by atoms with van der Waals surface area (Å²) in [6, 6.07) is 22.5. The normalized spacial score (nSPS) is 13.4. The van der Waals surface area contributed by atoms with Crippen LogP contribution in [0.2, 0.25) is 0 Å². The summed E-state index contributed by atoms with van der Waals surface area (Å²) in [5.41, 5.74) is -0.134. The standard InChI is InChI=1S/C30H26F6N2O3/c31-29(32,33)23-11-13-27(37-19-23)40-25(21-7-3-1-4-8-21)15-17-39-18-16-26(22-9-5-2-6-10-22)41-28-14-12-24(20-38-28)30(34,35)36/h1-14,19-20,25-26H,15-18H2. The highest BCUT2D eigenvalue weighted by molar-refractivity contribution is 5.24. The van der Waals surface area contributed by atoms with Gasteiger partial charge in [-0.3, -0.25) is 0 Å². The van der Waals surface area contributed by atoms with Gasteiger partial charge in [0.15, 0.2) is 0 Å². The molecule has 0 fully saturated rings. The van der Waals surface area contributed by atoms with Crippen LogP contribution in [0.1, 0.15) is 47.3 Å². The third kappa shape index (κ3) is 8.94. The molecule has 0 aliphatic carbocycles. The number of benzene rings is 2. The fourth-order valence-corrected chi connectivity index (χ4v) is 3.93. The van der Waals surface area contributed by atoms with Gasteiger partial charge in [0, 0.05) is 37.4 Å². The molecule has 0 saturated carbocycles. The highest BCUT2D eigenvalue weighted by Crippen LogP contribution is 2.32. The summed E-state index contributed by atoms with van der Waals surface area (Å²) < 4.78 is 94.9. The SMILES string of the molecule is FC(F)(F)c1ccc(OC(CCOCCC(Oc2ccc(C(F)(F)F)cn2)c2ccccc2)c2ccccc2)nc1. The average molecular weight is 577 g/mol. The van der Waals surface area contributed by atoms with Crippen LogP contribution in [0.4, 0.5) is 26.3 Å². The number of hydrogen-bond acceptors (Lipinski definition) is 5. The minimum absolute atomic E-state index is 0.0495. The van der Waals surface area contributed by atoms with Gasteiger partial charge in [0.25, 0.3) is 0 Å². The van der Waals surface area contributed by atoms with Crippen molar-refractivity contribution in [1.29, 1.82) is 0 Å². The van der Waals surface area contributed by atoms with E-state index in [1.807, 2.05) is 60.7 Å². The van der Waals surface area contributed by atoms with Crippen LogP contribution >= 0.6 is 0 Å². The second-order valence-corrected chi connectivity index (χ2v) is 8.99. The topological polar surface area (TPSA) is 53.5 Å². The maximum atomic E-state index is 12.9. The van der Waals surface area contributed by atoms with Crippen molar-refractivity contribution < 1.29 is 40.6 Å². The number of nitrogens with zero attached hydrogens (tertiary/aromatic N) is 2. The van der Waals surface area contributed by atoms with Gasteiger partial charge in [-0.2, -0.15) is 26.3 Å². The summed E-state index contributed by atoms with van der Waals surface area (Å²) in [4.78, 5) is 7.60. The third-order valence-electron chi connectivity index (χ3n) is 6.04. The van der Waals surface area contributed by atoms with E-state index < -0.39 is 35.7 Å². The van der Waals surface area contributed by atoms with E-state index in [1.165, 1.54) is 12.1 Å².